The molecule has 0 aliphatic heterocycles. The Balaban J connectivity index is 1.80. The standard InChI is InChI=1S/C16H13ClOS/c1-11-4-2-5-12-8-15(19-16(11)12)10-18-14-7-3-6-13(17)9-14/h2-9H,10H2,1H3. The second-order valence-corrected chi connectivity index (χ2v) is 6.03. The summed E-state index contributed by atoms with van der Waals surface area (Å²) >= 11 is 7.72. The highest BCUT2D eigenvalue weighted by Gasteiger charge is 2.04. The van der Waals surface area contributed by atoms with E-state index < -0.39 is 0 Å². The third-order valence-electron chi connectivity index (χ3n) is 2.97. The van der Waals surface area contributed by atoms with Crippen LogP contribution in [-0.2, 0) is 6.61 Å². The number of hydrogen-bond acceptors (Lipinski definition) is 2. The largest absolute Gasteiger partial charge is 0.488 e. The summed E-state index contributed by atoms with van der Waals surface area (Å²) in [4.78, 5) is 1.23. The summed E-state index contributed by atoms with van der Waals surface area (Å²) in [6.07, 6.45) is 0. The van der Waals surface area contributed by atoms with E-state index in [1.165, 1.54) is 20.5 Å². The van der Waals surface area contributed by atoms with E-state index in [4.69, 9.17) is 16.3 Å². The summed E-state index contributed by atoms with van der Waals surface area (Å²) < 4.78 is 7.11. The van der Waals surface area contributed by atoms with E-state index in [0.717, 1.165) is 5.75 Å². The molecule has 0 bridgehead atoms. The van der Waals surface area contributed by atoms with Gasteiger partial charge in [0.05, 0.1) is 0 Å². The normalized spacial score (nSPS) is 10.8. The summed E-state index contributed by atoms with van der Waals surface area (Å²) in [6, 6.07) is 16.1. The molecule has 0 fully saturated rings. The van der Waals surface area contributed by atoms with Gasteiger partial charge in [0.25, 0.3) is 0 Å². The molecule has 96 valence electrons. The van der Waals surface area contributed by atoms with Crippen molar-refractivity contribution in [1.82, 2.24) is 0 Å². The predicted octanol–water partition coefficient (Wildman–Crippen LogP) is 5.44. The number of thiophene rings is 1. The van der Waals surface area contributed by atoms with Crippen LogP contribution < -0.4 is 4.74 Å². The van der Waals surface area contributed by atoms with Gasteiger partial charge < -0.3 is 4.74 Å². The molecule has 3 aromatic rings. The highest BCUT2D eigenvalue weighted by molar-refractivity contribution is 7.19. The number of rotatable bonds is 3. The molecule has 3 heteroatoms. The molecule has 0 atom stereocenters. The van der Waals surface area contributed by atoms with E-state index in [9.17, 15) is 0 Å². The van der Waals surface area contributed by atoms with Crippen LogP contribution in [0.3, 0.4) is 0 Å². The minimum atomic E-state index is 0.582. The molecule has 0 aliphatic rings. The van der Waals surface area contributed by atoms with Crippen LogP contribution in [0.2, 0.25) is 5.02 Å². The molecule has 0 amide bonds. The molecule has 0 radical (unpaired) electrons. The quantitative estimate of drug-likeness (QED) is 0.623. The maximum atomic E-state index is 5.93. The summed E-state index contributed by atoms with van der Waals surface area (Å²) in [5.74, 6) is 0.807. The molecule has 3 rings (SSSR count). The van der Waals surface area contributed by atoms with Crippen LogP contribution in [0.15, 0.2) is 48.5 Å². The van der Waals surface area contributed by atoms with Gasteiger partial charge in [-0.15, -0.1) is 11.3 Å². The summed E-state index contributed by atoms with van der Waals surface area (Å²) in [6.45, 7) is 2.72. The van der Waals surface area contributed by atoms with Crippen LogP contribution >= 0.6 is 22.9 Å². The predicted molar refractivity (Wildman–Crippen MR) is 82.3 cm³/mol. The third kappa shape index (κ3) is 2.75. The SMILES string of the molecule is Cc1cccc2cc(COc3cccc(Cl)c3)sc12. The average molecular weight is 289 g/mol. The lowest BCUT2D eigenvalue weighted by atomic mass is 10.2. The van der Waals surface area contributed by atoms with Crippen molar-refractivity contribution in [3.05, 3.63) is 64.0 Å². The van der Waals surface area contributed by atoms with Crippen LogP contribution in [-0.4, -0.2) is 0 Å². The summed E-state index contributed by atoms with van der Waals surface area (Å²) in [7, 11) is 0. The monoisotopic (exact) mass is 288 g/mol. The maximum Gasteiger partial charge on any atom is 0.122 e. The Bertz CT molecular complexity index is 718. The van der Waals surface area contributed by atoms with E-state index in [1.54, 1.807) is 11.3 Å². The van der Waals surface area contributed by atoms with Crippen molar-refractivity contribution in [2.45, 2.75) is 13.5 Å². The zero-order chi connectivity index (χ0) is 13.2. The first-order chi connectivity index (χ1) is 9.22. The van der Waals surface area contributed by atoms with Crippen molar-refractivity contribution in [2.24, 2.45) is 0 Å². The van der Waals surface area contributed by atoms with Crippen LogP contribution in [0, 0.1) is 6.92 Å². The topological polar surface area (TPSA) is 9.23 Å². The molecule has 1 nitrogen and oxygen atoms in total. The highest BCUT2D eigenvalue weighted by atomic mass is 35.5. The summed E-state index contributed by atoms with van der Waals surface area (Å²) in [5.41, 5.74) is 1.32. The molecule has 19 heavy (non-hydrogen) atoms. The lowest BCUT2D eigenvalue weighted by Gasteiger charge is -2.04. The number of fused-ring (bicyclic) bond motifs is 1. The first-order valence-corrected chi connectivity index (χ1v) is 7.28. The highest BCUT2D eigenvalue weighted by Crippen LogP contribution is 2.29. The van der Waals surface area contributed by atoms with E-state index >= 15 is 0 Å². The van der Waals surface area contributed by atoms with E-state index in [-0.39, 0.29) is 0 Å². The third-order valence-corrected chi connectivity index (χ3v) is 4.46. The fourth-order valence-corrected chi connectivity index (χ4v) is 3.26. The Morgan fingerprint density at radius 3 is 2.74 bits per heavy atom. The lowest BCUT2D eigenvalue weighted by Crippen LogP contribution is -1.92. The number of hydrogen-bond donors (Lipinski definition) is 0. The van der Waals surface area contributed by atoms with Gasteiger partial charge in [0.1, 0.15) is 12.4 Å². The van der Waals surface area contributed by atoms with Gasteiger partial charge in [-0.3, -0.25) is 0 Å². The molecule has 2 aromatic carbocycles. The lowest BCUT2D eigenvalue weighted by molar-refractivity contribution is 0.310. The van der Waals surface area contributed by atoms with Gasteiger partial charge in [-0.05, 0) is 42.1 Å². The molecule has 0 aliphatic carbocycles. The maximum absolute atomic E-state index is 5.93. The second-order valence-electron chi connectivity index (χ2n) is 4.45. The Kier molecular flexibility index (Phi) is 3.45. The van der Waals surface area contributed by atoms with Gasteiger partial charge in [0.2, 0.25) is 0 Å². The number of ether oxygens (including phenoxy) is 1. The zero-order valence-corrected chi connectivity index (χ0v) is 12.1. The van der Waals surface area contributed by atoms with Gasteiger partial charge in [0.15, 0.2) is 0 Å². The minimum absolute atomic E-state index is 0.582. The first kappa shape index (κ1) is 12.5. The Morgan fingerprint density at radius 1 is 1.11 bits per heavy atom. The van der Waals surface area contributed by atoms with Crippen molar-refractivity contribution >= 4 is 33.0 Å². The molecule has 0 N–H and O–H groups in total. The van der Waals surface area contributed by atoms with E-state index in [2.05, 4.69) is 31.2 Å². The van der Waals surface area contributed by atoms with Crippen molar-refractivity contribution in [3.63, 3.8) is 0 Å². The van der Waals surface area contributed by atoms with Gasteiger partial charge in [0, 0.05) is 14.6 Å². The molecule has 0 saturated heterocycles. The Hall–Kier alpha value is -1.51. The molecule has 0 unspecified atom stereocenters. The summed E-state index contributed by atoms with van der Waals surface area (Å²) in [5, 5.41) is 1.99. The van der Waals surface area contributed by atoms with Crippen LogP contribution in [0.4, 0.5) is 0 Å². The molecule has 1 heterocycles. The minimum Gasteiger partial charge on any atom is -0.488 e. The molecular formula is C16H13ClOS. The van der Waals surface area contributed by atoms with E-state index in [1.807, 2.05) is 24.3 Å². The van der Waals surface area contributed by atoms with E-state index in [0.29, 0.717) is 11.6 Å². The fraction of sp³-hybridized carbons (Fsp3) is 0.125. The molecule has 0 spiro atoms. The number of aryl methyl sites for hydroxylation is 1. The number of halogens is 1. The fourth-order valence-electron chi connectivity index (χ4n) is 2.04. The average Bonchev–Trinajstić information content (AvgIpc) is 2.81. The van der Waals surface area contributed by atoms with Crippen LogP contribution in [0.25, 0.3) is 10.1 Å². The van der Waals surface area contributed by atoms with Gasteiger partial charge in [-0.2, -0.15) is 0 Å². The van der Waals surface area contributed by atoms with Crippen LogP contribution in [0.1, 0.15) is 10.4 Å². The van der Waals surface area contributed by atoms with Crippen molar-refractivity contribution < 1.29 is 4.74 Å². The van der Waals surface area contributed by atoms with Gasteiger partial charge in [-0.1, -0.05) is 35.9 Å². The molecular weight excluding hydrogens is 276 g/mol. The second kappa shape index (κ2) is 5.24. The van der Waals surface area contributed by atoms with Crippen molar-refractivity contribution in [1.29, 1.82) is 0 Å². The van der Waals surface area contributed by atoms with Gasteiger partial charge >= 0.3 is 0 Å². The zero-order valence-electron chi connectivity index (χ0n) is 10.5. The number of benzene rings is 2. The Morgan fingerprint density at radius 2 is 1.95 bits per heavy atom. The first-order valence-electron chi connectivity index (χ1n) is 6.09. The van der Waals surface area contributed by atoms with Crippen LogP contribution in [0.5, 0.6) is 5.75 Å². The van der Waals surface area contributed by atoms with Crippen molar-refractivity contribution in [2.75, 3.05) is 0 Å². The van der Waals surface area contributed by atoms with Crippen molar-refractivity contribution in [3.8, 4) is 5.75 Å². The molecule has 0 saturated carbocycles. The smallest absolute Gasteiger partial charge is 0.122 e. The Labute approximate surface area is 121 Å². The van der Waals surface area contributed by atoms with Gasteiger partial charge in [-0.25, -0.2) is 0 Å². The molecule has 1 aromatic heterocycles.